The molecule has 0 unspecified atom stereocenters. The molecular formula is C31H34Cl2F3N3O3. The summed E-state index contributed by atoms with van der Waals surface area (Å²) in [4.78, 5) is 26.4. The molecule has 3 aromatic carbocycles. The van der Waals surface area contributed by atoms with Gasteiger partial charge in [-0.1, -0.05) is 71.7 Å². The van der Waals surface area contributed by atoms with Crippen molar-refractivity contribution in [3.05, 3.63) is 100 Å². The number of urea groups is 1. The summed E-state index contributed by atoms with van der Waals surface area (Å²) in [7, 11) is 0. The van der Waals surface area contributed by atoms with Crippen molar-refractivity contribution in [2.45, 2.75) is 38.4 Å². The number of carboxylic acids is 1. The summed E-state index contributed by atoms with van der Waals surface area (Å²) in [6, 6.07) is 25.5. The molecule has 0 radical (unpaired) electrons. The number of anilines is 1. The van der Waals surface area contributed by atoms with E-state index in [1.165, 1.54) is 24.8 Å². The number of carbonyl (C=O) groups excluding carboxylic acids is 1. The number of nitrogens with zero attached hydrogens (tertiary/aromatic N) is 2. The molecule has 6 nitrogen and oxygen atoms in total. The predicted molar refractivity (Wildman–Crippen MR) is 160 cm³/mol. The number of halogens is 5. The lowest BCUT2D eigenvalue weighted by molar-refractivity contribution is -0.192. The molecule has 2 N–H and O–H groups in total. The molecule has 1 saturated heterocycles. The van der Waals surface area contributed by atoms with Crippen molar-refractivity contribution in [3.8, 4) is 0 Å². The van der Waals surface area contributed by atoms with Crippen molar-refractivity contribution in [1.82, 2.24) is 9.80 Å². The van der Waals surface area contributed by atoms with Crippen LogP contribution in [-0.4, -0.2) is 59.3 Å². The second kappa shape index (κ2) is 16.4. The van der Waals surface area contributed by atoms with Crippen molar-refractivity contribution in [3.63, 3.8) is 0 Å². The van der Waals surface area contributed by atoms with E-state index in [1.54, 1.807) is 12.1 Å². The first-order valence-corrected chi connectivity index (χ1v) is 14.4. The fourth-order valence-corrected chi connectivity index (χ4v) is 4.99. The van der Waals surface area contributed by atoms with Crippen LogP contribution < -0.4 is 5.32 Å². The van der Waals surface area contributed by atoms with Crippen LogP contribution in [0, 0.1) is 5.92 Å². The summed E-state index contributed by atoms with van der Waals surface area (Å²) < 4.78 is 31.7. The van der Waals surface area contributed by atoms with Gasteiger partial charge < -0.3 is 20.2 Å². The number of carbonyl (C=O) groups is 2. The molecule has 3 aromatic rings. The highest BCUT2D eigenvalue weighted by molar-refractivity contribution is 6.31. The summed E-state index contributed by atoms with van der Waals surface area (Å²) in [5.74, 6) is -2.00. The second-order valence-electron chi connectivity index (χ2n) is 10.1. The van der Waals surface area contributed by atoms with Crippen LogP contribution in [0.15, 0.2) is 78.9 Å². The molecule has 0 atom stereocenters. The highest BCUT2D eigenvalue weighted by atomic mass is 35.5. The lowest BCUT2D eigenvalue weighted by Gasteiger charge is -2.32. The van der Waals surface area contributed by atoms with Gasteiger partial charge in [-0.3, -0.25) is 0 Å². The molecular weight excluding hydrogens is 590 g/mol. The molecule has 0 saturated carbocycles. The minimum Gasteiger partial charge on any atom is -0.475 e. The SMILES string of the molecule is O=C(Nc1ccc(Cl)cc1)N(CCCN1CCC(Cc2ccccc2)CC1)Cc1ccccc1Cl.O=C(O)C(F)(F)F. The highest BCUT2D eigenvalue weighted by Crippen LogP contribution is 2.23. The lowest BCUT2D eigenvalue weighted by Crippen LogP contribution is -2.39. The average Bonchev–Trinajstić information content (AvgIpc) is 2.96. The van der Waals surface area contributed by atoms with Crippen LogP contribution in [0.5, 0.6) is 0 Å². The fourth-order valence-electron chi connectivity index (χ4n) is 4.67. The minimum atomic E-state index is -5.08. The standard InChI is InChI=1S/C29H33Cl2N3O.C2HF3O2/c30-26-11-13-27(14-12-26)32-29(35)34(22-25-9-4-5-10-28(25)31)18-6-17-33-19-15-24(16-20-33)21-23-7-2-1-3-8-23;3-2(4,5)1(6)7/h1-5,7-14,24H,6,15-22H2,(H,32,35);(H,6,7). The molecule has 0 bridgehead atoms. The maximum atomic E-state index is 13.1. The third-order valence-electron chi connectivity index (χ3n) is 6.92. The zero-order valence-electron chi connectivity index (χ0n) is 23.0. The van der Waals surface area contributed by atoms with Crippen LogP contribution in [0.2, 0.25) is 10.0 Å². The van der Waals surface area contributed by atoms with Gasteiger partial charge >= 0.3 is 18.2 Å². The number of hydrogen-bond acceptors (Lipinski definition) is 3. The van der Waals surface area contributed by atoms with Crippen LogP contribution in [0.25, 0.3) is 0 Å². The molecule has 0 aliphatic carbocycles. The van der Waals surface area contributed by atoms with Crippen LogP contribution in [-0.2, 0) is 17.8 Å². The molecule has 11 heteroatoms. The number of piperidine rings is 1. The van der Waals surface area contributed by atoms with Gasteiger partial charge in [0.2, 0.25) is 0 Å². The Morgan fingerprint density at radius 3 is 2.12 bits per heavy atom. The number of hydrogen-bond donors (Lipinski definition) is 2. The minimum absolute atomic E-state index is 0.131. The molecule has 1 aliphatic rings. The third-order valence-corrected chi connectivity index (χ3v) is 7.54. The summed E-state index contributed by atoms with van der Waals surface area (Å²) in [6.45, 7) is 4.37. The van der Waals surface area contributed by atoms with E-state index in [1.807, 2.05) is 41.3 Å². The molecule has 2 amide bonds. The smallest absolute Gasteiger partial charge is 0.475 e. The van der Waals surface area contributed by atoms with Crippen molar-refractivity contribution in [2.75, 3.05) is 31.5 Å². The van der Waals surface area contributed by atoms with Crippen LogP contribution in [0.1, 0.15) is 30.4 Å². The Labute approximate surface area is 254 Å². The highest BCUT2D eigenvalue weighted by Gasteiger charge is 2.38. The molecule has 0 spiro atoms. The van der Waals surface area contributed by atoms with E-state index in [4.69, 9.17) is 33.1 Å². The Hall–Kier alpha value is -3.27. The number of rotatable bonds is 9. The monoisotopic (exact) mass is 623 g/mol. The topological polar surface area (TPSA) is 72.9 Å². The fraction of sp³-hybridized carbons (Fsp3) is 0.355. The maximum Gasteiger partial charge on any atom is 0.490 e. The first kappa shape index (κ1) is 33.2. The molecule has 1 heterocycles. The van der Waals surface area contributed by atoms with Gasteiger partial charge in [-0.05, 0) is 92.7 Å². The molecule has 4 rings (SSSR count). The first-order valence-electron chi connectivity index (χ1n) is 13.6. The summed E-state index contributed by atoms with van der Waals surface area (Å²) in [5, 5.41) is 11.4. The summed E-state index contributed by atoms with van der Waals surface area (Å²) in [5.41, 5.74) is 3.11. The Bertz CT molecular complexity index is 1270. The van der Waals surface area contributed by atoms with Gasteiger partial charge in [0.25, 0.3) is 0 Å². The van der Waals surface area contributed by atoms with E-state index in [9.17, 15) is 18.0 Å². The van der Waals surface area contributed by atoms with Crippen molar-refractivity contribution in [1.29, 1.82) is 0 Å². The zero-order chi connectivity index (χ0) is 30.5. The van der Waals surface area contributed by atoms with Gasteiger partial charge in [-0.2, -0.15) is 13.2 Å². The van der Waals surface area contributed by atoms with Crippen LogP contribution in [0.4, 0.5) is 23.7 Å². The van der Waals surface area contributed by atoms with E-state index < -0.39 is 12.1 Å². The Morgan fingerprint density at radius 2 is 1.52 bits per heavy atom. The van der Waals surface area contributed by atoms with Gasteiger partial charge in [-0.15, -0.1) is 0 Å². The van der Waals surface area contributed by atoms with Gasteiger partial charge in [0, 0.05) is 28.8 Å². The van der Waals surface area contributed by atoms with E-state index in [-0.39, 0.29) is 6.03 Å². The summed E-state index contributed by atoms with van der Waals surface area (Å²) >= 11 is 12.4. The molecule has 0 aromatic heterocycles. The molecule has 226 valence electrons. The number of benzene rings is 3. The van der Waals surface area contributed by atoms with Gasteiger partial charge in [0.1, 0.15) is 0 Å². The van der Waals surface area contributed by atoms with Gasteiger partial charge in [0.15, 0.2) is 0 Å². The van der Waals surface area contributed by atoms with Gasteiger partial charge in [-0.25, -0.2) is 9.59 Å². The Balaban J connectivity index is 0.000000616. The molecule has 1 fully saturated rings. The number of nitrogens with one attached hydrogen (secondary N) is 1. The molecule has 1 aliphatic heterocycles. The summed E-state index contributed by atoms with van der Waals surface area (Å²) in [6.07, 6.45) is -0.530. The predicted octanol–water partition coefficient (Wildman–Crippen LogP) is 8.01. The zero-order valence-corrected chi connectivity index (χ0v) is 24.5. The number of carboxylic acid groups (broad SMARTS) is 1. The molecule has 42 heavy (non-hydrogen) atoms. The normalized spacial score (nSPS) is 14.0. The van der Waals surface area contributed by atoms with Crippen LogP contribution in [0.3, 0.4) is 0 Å². The van der Waals surface area contributed by atoms with E-state index in [2.05, 4.69) is 40.5 Å². The van der Waals surface area contributed by atoms with Gasteiger partial charge in [0.05, 0.1) is 0 Å². The number of amides is 2. The number of alkyl halides is 3. The Morgan fingerprint density at radius 1 is 0.929 bits per heavy atom. The van der Waals surface area contributed by atoms with E-state index in [0.717, 1.165) is 43.2 Å². The first-order chi connectivity index (χ1) is 20.0. The van der Waals surface area contributed by atoms with Crippen LogP contribution >= 0.6 is 23.2 Å². The Kier molecular flexibility index (Phi) is 13.0. The van der Waals surface area contributed by atoms with E-state index in [0.29, 0.717) is 23.1 Å². The number of likely N-dealkylation sites (tertiary alicyclic amines) is 1. The van der Waals surface area contributed by atoms with E-state index >= 15 is 0 Å². The maximum absolute atomic E-state index is 13.1. The van der Waals surface area contributed by atoms with Crippen molar-refractivity contribution < 1.29 is 27.9 Å². The largest absolute Gasteiger partial charge is 0.490 e. The van der Waals surface area contributed by atoms with Crippen molar-refractivity contribution >= 4 is 40.9 Å². The quantitative estimate of drug-likeness (QED) is 0.253. The second-order valence-corrected chi connectivity index (χ2v) is 10.9. The van der Waals surface area contributed by atoms with Crippen molar-refractivity contribution in [2.24, 2.45) is 5.92 Å². The third kappa shape index (κ3) is 11.5. The lowest BCUT2D eigenvalue weighted by atomic mass is 9.90. The average molecular weight is 625 g/mol. The number of aliphatic carboxylic acids is 1.